The molecule has 0 unspecified atom stereocenters. The number of benzene rings is 1. The minimum Gasteiger partial charge on any atom is -0.359 e. The second kappa shape index (κ2) is 15.8. The fourth-order valence-electron chi connectivity index (χ4n) is 4.41. The summed E-state index contributed by atoms with van der Waals surface area (Å²) in [5.74, 6) is -0.433. The SMILES string of the molecule is C/C(=C\c1[nH]c(C)c(CC(=O)NCCCCCC=O)c1C)c1cc(F)ccc1NC=O.CN1CCCC1. The lowest BCUT2D eigenvalue weighted by atomic mass is 10.0. The van der Waals surface area contributed by atoms with Gasteiger partial charge in [0.2, 0.25) is 12.3 Å². The monoisotopic (exact) mass is 512 g/mol. The number of aldehydes is 1. The number of rotatable bonds is 12. The second-order valence-corrected chi connectivity index (χ2v) is 9.60. The van der Waals surface area contributed by atoms with E-state index < -0.39 is 0 Å². The van der Waals surface area contributed by atoms with E-state index in [4.69, 9.17) is 0 Å². The highest BCUT2D eigenvalue weighted by Gasteiger charge is 2.15. The van der Waals surface area contributed by atoms with E-state index in [0.717, 1.165) is 53.6 Å². The Kier molecular flexibility index (Phi) is 12.8. The molecule has 1 aromatic heterocycles. The number of carbonyl (C=O) groups excluding carboxylic acids is 3. The number of nitrogens with zero attached hydrogens (tertiary/aromatic N) is 1. The van der Waals surface area contributed by atoms with Crippen LogP contribution in [-0.2, 0) is 20.8 Å². The molecule has 0 aliphatic carbocycles. The van der Waals surface area contributed by atoms with Crippen molar-refractivity contribution in [2.75, 3.05) is 32.0 Å². The van der Waals surface area contributed by atoms with Crippen LogP contribution in [0.1, 0.15) is 73.5 Å². The van der Waals surface area contributed by atoms with Gasteiger partial charge in [0, 0.05) is 35.6 Å². The smallest absolute Gasteiger partial charge is 0.224 e. The molecule has 1 fully saturated rings. The first-order valence-corrected chi connectivity index (χ1v) is 13.0. The van der Waals surface area contributed by atoms with E-state index in [1.165, 1.54) is 44.1 Å². The lowest BCUT2D eigenvalue weighted by Crippen LogP contribution is -2.26. The number of amides is 2. The quantitative estimate of drug-likeness (QED) is 0.275. The maximum absolute atomic E-state index is 13.8. The number of nitrogens with one attached hydrogen (secondary N) is 3. The van der Waals surface area contributed by atoms with Gasteiger partial charge in [0.05, 0.1) is 6.42 Å². The molecule has 2 amide bonds. The zero-order chi connectivity index (χ0) is 27.2. The van der Waals surface area contributed by atoms with Gasteiger partial charge in [0.15, 0.2) is 0 Å². The molecular formula is C29H41FN4O3. The first-order valence-electron chi connectivity index (χ1n) is 13.0. The average Bonchev–Trinajstić information content (AvgIpc) is 3.45. The molecule has 2 aromatic rings. The number of likely N-dealkylation sites (tertiary alicyclic amines) is 1. The number of hydrogen-bond donors (Lipinski definition) is 3. The Bertz CT molecular complexity index is 1070. The minimum absolute atomic E-state index is 0.0459. The summed E-state index contributed by atoms with van der Waals surface area (Å²) in [5, 5.41) is 5.52. The number of hydrogen-bond acceptors (Lipinski definition) is 4. The third-order valence-electron chi connectivity index (χ3n) is 6.60. The van der Waals surface area contributed by atoms with Gasteiger partial charge in [0.1, 0.15) is 12.1 Å². The van der Waals surface area contributed by atoms with Crippen LogP contribution in [0.25, 0.3) is 11.6 Å². The molecule has 0 bridgehead atoms. The van der Waals surface area contributed by atoms with Crippen molar-refractivity contribution in [1.82, 2.24) is 15.2 Å². The highest BCUT2D eigenvalue weighted by Crippen LogP contribution is 2.28. The van der Waals surface area contributed by atoms with Crippen molar-refractivity contribution in [2.45, 2.75) is 65.7 Å². The number of aromatic amines is 1. The first kappa shape index (κ1) is 30.0. The summed E-state index contributed by atoms with van der Waals surface area (Å²) in [6, 6.07) is 4.20. The van der Waals surface area contributed by atoms with Gasteiger partial charge in [-0.3, -0.25) is 9.59 Å². The molecular weight excluding hydrogens is 471 g/mol. The van der Waals surface area contributed by atoms with Gasteiger partial charge in [-0.25, -0.2) is 4.39 Å². The highest BCUT2D eigenvalue weighted by molar-refractivity contribution is 5.89. The minimum atomic E-state index is -0.387. The molecule has 1 aromatic carbocycles. The predicted octanol–water partition coefficient (Wildman–Crippen LogP) is 5.03. The topological polar surface area (TPSA) is 94.3 Å². The number of unbranched alkanes of at least 4 members (excludes halogenated alkanes) is 3. The van der Waals surface area contributed by atoms with Crippen molar-refractivity contribution in [3.05, 3.63) is 52.1 Å². The number of anilines is 1. The van der Waals surface area contributed by atoms with E-state index in [-0.39, 0.29) is 18.1 Å². The van der Waals surface area contributed by atoms with E-state index in [9.17, 15) is 18.8 Å². The molecule has 2 heterocycles. The average molecular weight is 513 g/mol. The maximum atomic E-state index is 13.8. The van der Waals surface area contributed by atoms with Crippen molar-refractivity contribution < 1.29 is 18.8 Å². The van der Waals surface area contributed by atoms with Crippen LogP contribution < -0.4 is 10.6 Å². The molecule has 1 aliphatic heterocycles. The van der Waals surface area contributed by atoms with E-state index in [0.29, 0.717) is 30.6 Å². The van der Waals surface area contributed by atoms with Gasteiger partial charge in [-0.15, -0.1) is 0 Å². The molecule has 0 atom stereocenters. The van der Waals surface area contributed by atoms with Crippen molar-refractivity contribution >= 4 is 35.9 Å². The van der Waals surface area contributed by atoms with Gasteiger partial charge in [-0.1, -0.05) is 6.42 Å². The van der Waals surface area contributed by atoms with Crippen molar-refractivity contribution in [3.63, 3.8) is 0 Å². The van der Waals surface area contributed by atoms with E-state index >= 15 is 0 Å². The van der Waals surface area contributed by atoms with Crippen LogP contribution in [0.15, 0.2) is 18.2 Å². The van der Waals surface area contributed by atoms with E-state index in [1.54, 1.807) is 0 Å². The van der Waals surface area contributed by atoms with Crippen molar-refractivity contribution in [1.29, 1.82) is 0 Å². The third-order valence-corrected chi connectivity index (χ3v) is 6.60. The van der Waals surface area contributed by atoms with Crippen LogP contribution in [-0.4, -0.2) is 55.2 Å². The molecule has 1 aliphatic rings. The molecule has 0 spiro atoms. The van der Waals surface area contributed by atoms with Gasteiger partial charge < -0.3 is 25.3 Å². The zero-order valence-corrected chi connectivity index (χ0v) is 22.6. The Labute approximate surface area is 219 Å². The fourth-order valence-corrected chi connectivity index (χ4v) is 4.41. The summed E-state index contributed by atoms with van der Waals surface area (Å²) in [6.07, 6.45) is 9.64. The van der Waals surface area contributed by atoms with E-state index in [1.807, 2.05) is 26.8 Å². The van der Waals surface area contributed by atoms with Crippen LogP contribution in [0.3, 0.4) is 0 Å². The number of H-pyrrole nitrogens is 1. The van der Waals surface area contributed by atoms with Crippen LogP contribution in [0.2, 0.25) is 0 Å². The number of aromatic nitrogens is 1. The Hall–Kier alpha value is -3.26. The second-order valence-electron chi connectivity index (χ2n) is 9.60. The molecule has 0 radical (unpaired) electrons. The largest absolute Gasteiger partial charge is 0.359 e. The predicted molar refractivity (Wildman–Crippen MR) is 148 cm³/mol. The molecule has 3 N–H and O–H groups in total. The van der Waals surface area contributed by atoms with Gasteiger partial charge in [-0.2, -0.15) is 0 Å². The third kappa shape index (κ3) is 9.96. The highest BCUT2D eigenvalue weighted by atomic mass is 19.1. The molecule has 0 saturated carbocycles. The lowest BCUT2D eigenvalue weighted by molar-refractivity contribution is -0.120. The molecule has 202 valence electrons. The fraction of sp³-hybridized carbons (Fsp3) is 0.483. The normalized spacial score (nSPS) is 13.6. The Morgan fingerprint density at radius 1 is 1.14 bits per heavy atom. The van der Waals surface area contributed by atoms with Crippen LogP contribution in [0, 0.1) is 19.7 Å². The number of allylic oxidation sites excluding steroid dienone is 1. The van der Waals surface area contributed by atoms with Gasteiger partial charge in [0.25, 0.3) is 0 Å². The molecule has 7 nitrogen and oxygen atoms in total. The maximum Gasteiger partial charge on any atom is 0.224 e. The van der Waals surface area contributed by atoms with Crippen molar-refractivity contribution in [3.8, 4) is 0 Å². The summed E-state index contributed by atoms with van der Waals surface area (Å²) in [6.45, 7) is 8.94. The molecule has 8 heteroatoms. The van der Waals surface area contributed by atoms with E-state index in [2.05, 4.69) is 27.6 Å². The number of carbonyl (C=O) groups is 3. The molecule has 3 rings (SSSR count). The van der Waals surface area contributed by atoms with Crippen LogP contribution in [0.5, 0.6) is 0 Å². The number of halogens is 1. The number of aryl methyl sites for hydroxylation is 1. The lowest BCUT2D eigenvalue weighted by Gasteiger charge is -2.09. The first-order chi connectivity index (χ1) is 17.8. The Morgan fingerprint density at radius 3 is 2.49 bits per heavy atom. The Balaban J connectivity index is 0.000000700. The summed E-state index contributed by atoms with van der Waals surface area (Å²) < 4.78 is 13.8. The summed E-state index contributed by atoms with van der Waals surface area (Å²) >= 11 is 0. The van der Waals surface area contributed by atoms with Gasteiger partial charge >= 0.3 is 0 Å². The summed E-state index contributed by atoms with van der Waals surface area (Å²) in [5.41, 5.74) is 5.53. The van der Waals surface area contributed by atoms with Crippen LogP contribution >= 0.6 is 0 Å². The standard InChI is InChI=1S/C24H30FN3O3.C5H11N/c1-16(20-13-19(25)8-9-22(20)27-15-30)12-23-17(2)21(18(3)28-23)14-24(31)26-10-6-4-5-7-11-29;1-6-4-2-3-5-6/h8-9,11-13,15,28H,4-7,10,14H2,1-3H3,(H,26,31)(H,27,30);2-5H2,1H3/b16-12+;. The Morgan fingerprint density at radius 2 is 1.86 bits per heavy atom. The summed E-state index contributed by atoms with van der Waals surface area (Å²) in [4.78, 5) is 39.2. The molecule has 1 saturated heterocycles. The zero-order valence-electron chi connectivity index (χ0n) is 22.6. The summed E-state index contributed by atoms with van der Waals surface area (Å²) in [7, 11) is 2.17. The molecule has 37 heavy (non-hydrogen) atoms. The van der Waals surface area contributed by atoms with Crippen molar-refractivity contribution in [2.24, 2.45) is 0 Å². The van der Waals surface area contributed by atoms with Crippen LogP contribution in [0.4, 0.5) is 10.1 Å². The van der Waals surface area contributed by atoms with Gasteiger partial charge in [-0.05, 0) is 108 Å².